The maximum absolute atomic E-state index is 14.4. The summed E-state index contributed by atoms with van der Waals surface area (Å²) in [6, 6.07) is 5.58. The van der Waals surface area contributed by atoms with Crippen molar-refractivity contribution in [3.8, 4) is 0 Å². The molecule has 6 atom stereocenters. The number of hydrogen-bond donors (Lipinski definition) is 4. The van der Waals surface area contributed by atoms with E-state index in [1.165, 1.54) is 0 Å². The predicted molar refractivity (Wildman–Crippen MR) is 172 cm³/mol. The Bertz CT molecular complexity index is 1310. The van der Waals surface area contributed by atoms with Gasteiger partial charge in [0.15, 0.2) is 0 Å². The number of carbonyl (C=O) groups excluding carboxylic acids is 5. The van der Waals surface area contributed by atoms with E-state index < -0.39 is 47.2 Å². The summed E-state index contributed by atoms with van der Waals surface area (Å²) in [7, 11) is 0. The van der Waals surface area contributed by atoms with Gasteiger partial charge in [-0.1, -0.05) is 84.2 Å². The van der Waals surface area contributed by atoms with Crippen LogP contribution in [-0.2, 0) is 19.2 Å². The van der Waals surface area contributed by atoms with Crippen LogP contribution in [0.1, 0.15) is 73.1 Å². The lowest BCUT2D eigenvalue weighted by molar-refractivity contribution is -0.144. The molecule has 45 heavy (non-hydrogen) atoms. The van der Waals surface area contributed by atoms with Gasteiger partial charge in [0.05, 0.1) is 12.1 Å². The van der Waals surface area contributed by atoms with Crippen LogP contribution < -0.4 is 21.3 Å². The zero-order chi connectivity index (χ0) is 32.5. The molecular formula is C35H49N5O5. The minimum absolute atomic E-state index is 0.0725. The molecule has 0 radical (unpaired) electrons. The van der Waals surface area contributed by atoms with E-state index in [0.29, 0.717) is 24.6 Å². The lowest BCUT2D eigenvalue weighted by atomic mass is 9.78. The van der Waals surface area contributed by atoms with Crippen LogP contribution in [0.3, 0.4) is 0 Å². The Morgan fingerprint density at radius 2 is 1.62 bits per heavy atom. The number of fused-ring (bicyclic) bond motifs is 1. The summed E-state index contributed by atoms with van der Waals surface area (Å²) in [5, 5.41) is 11.3. The number of amides is 5. The number of hydrogen-bond acceptors (Lipinski definition) is 5. The van der Waals surface area contributed by atoms with Crippen molar-refractivity contribution in [1.29, 1.82) is 0 Å². The molecule has 1 aromatic carbocycles. The summed E-state index contributed by atoms with van der Waals surface area (Å²) in [4.78, 5) is 69.9. The number of nitrogens with zero attached hydrogens (tertiary/aromatic N) is 1. The molecule has 1 heterocycles. The van der Waals surface area contributed by atoms with Gasteiger partial charge >= 0.3 is 6.03 Å². The lowest BCUT2D eigenvalue weighted by Gasteiger charge is -2.38. The molecule has 0 bridgehead atoms. The van der Waals surface area contributed by atoms with E-state index in [-0.39, 0.29) is 35.6 Å². The quantitative estimate of drug-likeness (QED) is 0.219. The number of Topliss-reactive ketones (excluding diaryl/α,β-unsaturated/α-hetero) is 1. The summed E-state index contributed by atoms with van der Waals surface area (Å²) >= 11 is 0. The summed E-state index contributed by atoms with van der Waals surface area (Å²) in [5.74, 6) is -1.29. The van der Waals surface area contributed by atoms with Gasteiger partial charge in [0.1, 0.15) is 12.1 Å². The van der Waals surface area contributed by atoms with Crippen molar-refractivity contribution >= 4 is 35.2 Å². The number of rotatable bonds is 11. The Hall–Kier alpha value is -3.69. The number of para-hydroxylation sites is 1. The van der Waals surface area contributed by atoms with Gasteiger partial charge in [-0.25, -0.2) is 4.79 Å². The second kappa shape index (κ2) is 13.3. The summed E-state index contributed by atoms with van der Waals surface area (Å²) in [6.45, 7) is 10.4. The summed E-state index contributed by atoms with van der Waals surface area (Å²) in [5.41, 5.74) is -0.118. The first-order valence-corrected chi connectivity index (χ1v) is 16.6. The fourth-order valence-electron chi connectivity index (χ4n) is 7.45. The van der Waals surface area contributed by atoms with Gasteiger partial charge < -0.3 is 26.2 Å². The molecule has 10 nitrogen and oxygen atoms in total. The van der Waals surface area contributed by atoms with Crippen molar-refractivity contribution in [2.24, 2.45) is 35.0 Å². The molecule has 2 saturated carbocycles. The normalized spacial score (nSPS) is 25.6. The minimum Gasteiger partial charge on any atom is -0.344 e. The van der Waals surface area contributed by atoms with E-state index in [1.807, 2.05) is 39.0 Å². The molecular weight excluding hydrogens is 570 g/mol. The molecule has 1 saturated heterocycles. The first-order chi connectivity index (χ1) is 21.3. The first kappa shape index (κ1) is 32.7. The van der Waals surface area contributed by atoms with E-state index in [4.69, 9.17) is 0 Å². The number of ketones is 1. The zero-order valence-corrected chi connectivity index (χ0v) is 27.2. The van der Waals surface area contributed by atoms with Crippen LogP contribution in [0.5, 0.6) is 0 Å². The molecule has 3 aliphatic carbocycles. The van der Waals surface area contributed by atoms with Crippen molar-refractivity contribution < 1.29 is 24.0 Å². The van der Waals surface area contributed by atoms with E-state index in [0.717, 1.165) is 32.1 Å². The lowest BCUT2D eigenvalue weighted by Crippen LogP contribution is -2.61. The highest BCUT2D eigenvalue weighted by Gasteiger charge is 2.56. The van der Waals surface area contributed by atoms with Crippen LogP contribution in [0.15, 0.2) is 42.5 Å². The summed E-state index contributed by atoms with van der Waals surface area (Å²) in [6.07, 6.45) is 8.93. The monoisotopic (exact) mass is 619 g/mol. The molecule has 3 fully saturated rings. The van der Waals surface area contributed by atoms with Gasteiger partial charge in [-0.15, -0.1) is 0 Å². The van der Waals surface area contributed by atoms with Crippen molar-refractivity contribution in [3.63, 3.8) is 0 Å². The third kappa shape index (κ3) is 7.59. The van der Waals surface area contributed by atoms with Crippen molar-refractivity contribution in [3.05, 3.63) is 42.5 Å². The minimum atomic E-state index is -0.991. The Morgan fingerprint density at radius 1 is 0.933 bits per heavy atom. The van der Waals surface area contributed by atoms with Crippen LogP contribution in [0.25, 0.3) is 0 Å². The van der Waals surface area contributed by atoms with Crippen LogP contribution in [0.2, 0.25) is 0 Å². The highest BCUT2D eigenvalue weighted by Crippen LogP contribution is 2.49. The largest absolute Gasteiger partial charge is 0.344 e. The first-order valence-electron chi connectivity index (χ1n) is 16.6. The van der Waals surface area contributed by atoms with Crippen LogP contribution in [0.4, 0.5) is 10.5 Å². The Balaban J connectivity index is 1.39. The Labute approximate surface area is 266 Å². The van der Waals surface area contributed by atoms with Crippen molar-refractivity contribution in [1.82, 2.24) is 20.9 Å². The number of nitrogens with one attached hydrogen (secondary N) is 4. The molecule has 0 aromatic heterocycles. The Morgan fingerprint density at radius 3 is 2.20 bits per heavy atom. The number of benzene rings is 1. The average molecular weight is 620 g/mol. The number of likely N-dealkylation sites (tertiary alicyclic amines) is 1. The molecule has 3 unspecified atom stereocenters. The van der Waals surface area contributed by atoms with Gasteiger partial charge in [-0.2, -0.15) is 0 Å². The van der Waals surface area contributed by atoms with E-state index >= 15 is 0 Å². The van der Waals surface area contributed by atoms with Gasteiger partial charge in [-0.3, -0.25) is 19.2 Å². The fourth-order valence-corrected chi connectivity index (χ4v) is 7.45. The van der Waals surface area contributed by atoms with E-state index in [2.05, 4.69) is 35.1 Å². The molecule has 4 N–H and O–H groups in total. The third-order valence-corrected chi connectivity index (χ3v) is 10.2. The maximum Gasteiger partial charge on any atom is 0.316 e. The van der Waals surface area contributed by atoms with Crippen molar-refractivity contribution in [2.75, 3.05) is 11.9 Å². The van der Waals surface area contributed by atoms with Crippen LogP contribution in [0, 0.1) is 35.0 Å². The Kier molecular flexibility index (Phi) is 9.70. The van der Waals surface area contributed by atoms with E-state index in [1.54, 1.807) is 29.2 Å². The molecule has 244 valence electrons. The van der Waals surface area contributed by atoms with Gasteiger partial charge in [0.25, 0.3) is 5.91 Å². The number of carbonyl (C=O) groups is 5. The number of urea groups is 1. The van der Waals surface area contributed by atoms with Gasteiger partial charge in [0, 0.05) is 12.2 Å². The van der Waals surface area contributed by atoms with Crippen molar-refractivity contribution in [2.45, 2.75) is 97.3 Å². The molecule has 1 aliphatic heterocycles. The fraction of sp³-hybridized carbons (Fsp3) is 0.629. The zero-order valence-electron chi connectivity index (χ0n) is 27.2. The predicted octanol–water partition coefficient (Wildman–Crippen LogP) is 4.03. The second-order valence-corrected chi connectivity index (χ2v) is 14.9. The van der Waals surface area contributed by atoms with Gasteiger partial charge in [-0.05, 0) is 66.4 Å². The van der Waals surface area contributed by atoms with E-state index in [9.17, 15) is 24.0 Å². The second-order valence-electron chi connectivity index (χ2n) is 14.9. The molecule has 0 spiro atoms. The topological polar surface area (TPSA) is 137 Å². The molecule has 5 amide bonds. The molecule has 10 heteroatoms. The molecule has 1 aromatic rings. The molecule has 5 rings (SSSR count). The van der Waals surface area contributed by atoms with Gasteiger partial charge in [0.2, 0.25) is 17.6 Å². The highest BCUT2D eigenvalue weighted by atomic mass is 16.2. The number of anilines is 1. The standard InChI is InChI=1S/C35H49N5O5/c1-20(2)25-17-14-22-19-40(33(44)30(35(3,4)5)39-34(45)37-24-15-16-24)28(27(22)25)31(42)38-26(18-21-10-9-11-21)29(41)32(43)36-23-12-7-6-8-13-23/h6-8,12-13,15-16,20-22,24-28,30H,9-11,14,17-19H2,1-5H3,(H,36,43)(H,38,42)(H2,37,39,45)/t22?,25?,26?,27-,28+,30-/m1/s1. The third-order valence-electron chi connectivity index (χ3n) is 10.2. The summed E-state index contributed by atoms with van der Waals surface area (Å²) < 4.78 is 0. The maximum atomic E-state index is 14.4. The van der Waals surface area contributed by atoms with Crippen LogP contribution >= 0.6 is 0 Å². The smallest absolute Gasteiger partial charge is 0.316 e. The molecule has 4 aliphatic rings. The highest BCUT2D eigenvalue weighted by molar-refractivity contribution is 6.42. The van der Waals surface area contributed by atoms with Crippen LogP contribution in [-0.4, -0.2) is 65.1 Å². The average Bonchev–Trinajstić information content (AvgIpc) is 3.54. The SMILES string of the molecule is CC(C)C1CCC2CN(C(=O)[C@@H](NC(=O)NC3C=C3)C(C)(C)C)[C@H](C(=O)NC(CC3CCC3)C(=O)C(=O)Nc3ccccc3)[C@H]21.